The Kier molecular flexibility index (Phi) is 7.28. The van der Waals surface area contributed by atoms with E-state index in [-0.39, 0.29) is 12.2 Å². The number of hydrogen-bond acceptors (Lipinski definition) is 7. The van der Waals surface area contributed by atoms with Gasteiger partial charge in [0.1, 0.15) is 6.10 Å². The maximum absolute atomic E-state index is 11.4. The van der Waals surface area contributed by atoms with Crippen molar-refractivity contribution in [3.8, 4) is 0 Å². The molecule has 19 heavy (non-hydrogen) atoms. The Morgan fingerprint density at radius 3 is 2.32 bits per heavy atom. The molecule has 0 N–H and O–H groups in total. The summed E-state index contributed by atoms with van der Waals surface area (Å²) in [5.74, 6) is -3.10. The van der Waals surface area contributed by atoms with E-state index in [0.717, 1.165) is 0 Å². The van der Waals surface area contributed by atoms with Crippen molar-refractivity contribution in [1.29, 1.82) is 0 Å². The second-order valence-electron chi connectivity index (χ2n) is 3.71. The Hall–Kier alpha value is -1.44. The van der Waals surface area contributed by atoms with Crippen LogP contribution in [0.15, 0.2) is 12.2 Å². The lowest BCUT2D eigenvalue weighted by atomic mass is 10.2. The molecule has 7 nitrogen and oxygen atoms in total. The second-order valence-corrected chi connectivity index (χ2v) is 3.71. The summed E-state index contributed by atoms with van der Waals surface area (Å²) in [5.41, 5.74) is 0.0603. The van der Waals surface area contributed by atoms with Crippen molar-refractivity contribution >= 4 is 11.9 Å². The molecule has 0 radical (unpaired) electrons. The molecule has 0 saturated heterocycles. The Morgan fingerprint density at radius 2 is 1.89 bits per heavy atom. The van der Waals surface area contributed by atoms with Gasteiger partial charge < -0.3 is 14.2 Å². The number of hydrogen-bond donors (Lipinski definition) is 0. The zero-order chi connectivity index (χ0) is 15.1. The van der Waals surface area contributed by atoms with Crippen LogP contribution in [0.1, 0.15) is 20.8 Å². The average Bonchev–Trinajstić information content (AvgIpc) is 2.42. The first-order valence-electron chi connectivity index (χ1n) is 5.66. The van der Waals surface area contributed by atoms with Crippen molar-refractivity contribution in [2.45, 2.75) is 32.7 Å². The Morgan fingerprint density at radius 1 is 1.32 bits per heavy atom. The molecule has 0 aromatic carbocycles. The van der Waals surface area contributed by atoms with Gasteiger partial charge in [0.25, 0.3) is 5.79 Å². The van der Waals surface area contributed by atoms with E-state index in [9.17, 15) is 9.59 Å². The second kappa shape index (κ2) is 7.88. The van der Waals surface area contributed by atoms with Gasteiger partial charge in [-0.25, -0.2) is 14.5 Å². The molecule has 0 aliphatic rings. The van der Waals surface area contributed by atoms with Crippen LogP contribution in [-0.4, -0.2) is 44.7 Å². The van der Waals surface area contributed by atoms with Crippen LogP contribution >= 0.6 is 0 Å². The molecule has 110 valence electrons. The molecule has 0 aromatic rings. The van der Waals surface area contributed by atoms with Crippen molar-refractivity contribution in [1.82, 2.24) is 0 Å². The Balaban J connectivity index is 4.49. The molecule has 0 spiro atoms. The highest BCUT2D eigenvalue weighted by molar-refractivity contribution is 5.88. The molecule has 0 aliphatic heterocycles. The molecule has 0 amide bonds. The molecule has 0 fully saturated rings. The molecule has 0 bridgehead atoms. The van der Waals surface area contributed by atoms with Crippen LogP contribution in [0.5, 0.6) is 0 Å². The van der Waals surface area contributed by atoms with Gasteiger partial charge in [0.2, 0.25) is 0 Å². The van der Waals surface area contributed by atoms with Crippen molar-refractivity contribution in [3.63, 3.8) is 0 Å². The minimum atomic E-state index is -1.72. The highest BCUT2D eigenvalue weighted by Gasteiger charge is 2.38. The Labute approximate surface area is 112 Å². The summed E-state index contributed by atoms with van der Waals surface area (Å²) < 4.78 is 14.1. The molecular formula is C12H20O7. The zero-order valence-electron chi connectivity index (χ0n) is 11.8. The van der Waals surface area contributed by atoms with Crippen LogP contribution in [0.25, 0.3) is 0 Å². The summed E-state index contributed by atoms with van der Waals surface area (Å²) in [6.45, 7) is 8.27. The van der Waals surface area contributed by atoms with Gasteiger partial charge in [0.15, 0.2) is 0 Å². The fourth-order valence-corrected chi connectivity index (χ4v) is 0.949. The van der Waals surface area contributed by atoms with E-state index < -0.39 is 23.8 Å². The first-order valence-corrected chi connectivity index (χ1v) is 5.66. The van der Waals surface area contributed by atoms with Gasteiger partial charge in [-0.1, -0.05) is 6.58 Å². The highest BCUT2D eigenvalue weighted by Crippen LogP contribution is 2.17. The van der Waals surface area contributed by atoms with E-state index in [2.05, 4.69) is 11.3 Å². The van der Waals surface area contributed by atoms with Crippen LogP contribution in [0.4, 0.5) is 0 Å². The molecule has 0 aliphatic carbocycles. The SMILES string of the molecule is C=C(C(=O)OCC)C(C)OOC(C)(OC)C(=O)OC. The summed E-state index contributed by atoms with van der Waals surface area (Å²) in [6, 6.07) is 0. The van der Waals surface area contributed by atoms with Gasteiger partial charge in [0, 0.05) is 14.0 Å². The number of rotatable bonds is 8. The number of methoxy groups -OCH3 is 2. The van der Waals surface area contributed by atoms with E-state index in [4.69, 9.17) is 19.2 Å². The maximum atomic E-state index is 11.4. The van der Waals surface area contributed by atoms with E-state index in [1.807, 2.05) is 0 Å². The van der Waals surface area contributed by atoms with E-state index in [1.165, 1.54) is 28.1 Å². The van der Waals surface area contributed by atoms with Gasteiger partial charge in [-0.05, 0) is 13.8 Å². The van der Waals surface area contributed by atoms with Gasteiger partial charge in [-0.2, -0.15) is 4.89 Å². The predicted octanol–water partition coefficient (Wildman–Crippen LogP) is 0.978. The van der Waals surface area contributed by atoms with Crippen LogP contribution in [0.2, 0.25) is 0 Å². The highest BCUT2D eigenvalue weighted by atomic mass is 17.2. The van der Waals surface area contributed by atoms with Crippen molar-refractivity contribution in [2.24, 2.45) is 0 Å². The third-order valence-corrected chi connectivity index (χ3v) is 2.33. The molecule has 0 heterocycles. The fourth-order valence-electron chi connectivity index (χ4n) is 0.949. The smallest absolute Gasteiger partial charge is 0.369 e. The fraction of sp³-hybridized carbons (Fsp3) is 0.667. The average molecular weight is 276 g/mol. The maximum Gasteiger partial charge on any atom is 0.369 e. The molecule has 2 unspecified atom stereocenters. The van der Waals surface area contributed by atoms with E-state index in [1.54, 1.807) is 6.92 Å². The van der Waals surface area contributed by atoms with Gasteiger partial charge in [-0.3, -0.25) is 0 Å². The summed E-state index contributed by atoms with van der Waals surface area (Å²) >= 11 is 0. The molecule has 0 saturated carbocycles. The van der Waals surface area contributed by atoms with E-state index in [0.29, 0.717) is 0 Å². The predicted molar refractivity (Wildman–Crippen MR) is 64.8 cm³/mol. The number of ether oxygens (including phenoxy) is 3. The summed E-state index contributed by atoms with van der Waals surface area (Å²) in [4.78, 5) is 32.6. The monoisotopic (exact) mass is 276 g/mol. The molecule has 0 rings (SSSR count). The van der Waals surface area contributed by atoms with Crippen LogP contribution in [-0.2, 0) is 33.6 Å². The van der Waals surface area contributed by atoms with Crippen LogP contribution in [0.3, 0.4) is 0 Å². The topological polar surface area (TPSA) is 80.3 Å². The van der Waals surface area contributed by atoms with Crippen molar-refractivity contribution in [3.05, 3.63) is 12.2 Å². The molecular weight excluding hydrogens is 256 g/mol. The van der Waals surface area contributed by atoms with Crippen LogP contribution in [0, 0.1) is 0 Å². The standard InChI is InChI=1S/C12H20O7/c1-7-17-10(13)8(2)9(3)18-19-12(4,16-6)11(14)15-5/h9H,2,7H2,1,3-6H3. The number of carbonyl (C=O) groups is 2. The minimum absolute atomic E-state index is 0.0603. The van der Waals surface area contributed by atoms with Gasteiger partial charge in [0.05, 0.1) is 19.3 Å². The molecule has 2 atom stereocenters. The number of esters is 2. The summed E-state index contributed by atoms with van der Waals surface area (Å²) in [6.07, 6.45) is -0.807. The van der Waals surface area contributed by atoms with Crippen molar-refractivity contribution in [2.75, 3.05) is 20.8 Å². The number of carbonyl (C=O) groups excluding carboxylic acids is 2. The van der Waals surface area contributed by atoms with Gasteiger partial charge >= 0.3 is 11.9 Å². The third-order valence-electron chi connectivity index (χ3n) is 2.33. The molecule has 0 aromatic heterocycles. The van der Waals surface area contributed by atoms with Gasteiger partial charge in [-0.15, -0.1) is 0 Å². The zero-order valence-corrected chi connectivity index (χ0v) is 11.8. The lowest BCUT2D eigenvalue weighted by Crippen LogP contribution is -2.42. The van der Waals surface area contributed by atoms with Crippen molar-refractivity contribution < 1.29 is 33.6 Å². The lowest BCUT2D eigenvalue weighted by Gasteiger charge is -2.25. The Bertz CT molecular complexity index is 339. The minimum Gasteiger partial charge on any atom is -0.465 e. The van der Waals surface area contributed by atoms with E-state index >= 15 is 0 Å². The first-order chi connectivity index (χ1) is 8.82. The summed E-state index contributed by atoms with van der Waals surface area (Å²) in [7, 11) is 2.44. The quantitative estimate of drug-likeness (QED) is 0.215. The molecule has 7 heteroatoms. The summed E-state index contributed by atoms with van der Waals surface area (Å²) in [5, 5.41) is 0. The van der Waals surface area contributed by atoms with Crippen LogP contribution < -0.4 is 0 Å². The largest absolute Gasteiger partial charge is 0.465 e. The first kappa shape index (κ1) is 17.6. The normalized spacial score (nSPS) is 15.2. The third kappa shape index (κ3) is 4.98. The lowest BCUT2D eigenvalue weighted by molar-refractivity contribution is -0.417.